The Kier molecular flexibility index (Phi) is 2.80. The quantitative estimate of drug-likeness (QED) is 0.744. The van der Waals surface area contributed by atoms with Gasteiger partial charge in [0.15, 0.2) is 5.65 Å². The van der Waals surface area contributed by atoms with Gasteiger partial charge >= 0.3 is 0 Å². The van der Waals surface area contributed by atoms with Gasteiger partial charge in [0.2, 0.25) is 0 Å². The van der Waals surface area contributed by atoms with Crippen molar-refractivity contribution < 1.29 is 0 Å². The van der Waals surface area contributed by atoms with Crippen LogP contribution in [-0.4, -0.2) is 20.2 Å². The molecular formula is C10H15N5. The zero-order chi connectivity index (χ0) is 10.7. The molecular weight excluding hydrogens is 190 g/mol. The van der Waals surface area contributed by atoms with Gasteiger partial charge in [-0.05, 0) is 6.42 Å². The highest BCUT2D eigenvalue weighted by molar-refractivity contribution is 5.84. The molecule has 2 aromatic heterocycles. The molecule has 0 atom stereocenters. The summed E-state index contributed by atoms with van der Waals surface area (Å²) in [4.78, 5) is 8.61. The Hall–Kier alpha value is -1.65. The minimum Gasteiger partial charge on any atom is -0.383 e. The van der Waals surface area contributed by atoms with Crippen LogP contribution in [0.15, 0.2) is 6.20 Å². The van der Waals surface area contributed by atoms with Crippen LogP contribution in [0, 0.1) is 0 Å². The third kappa shape index (κ3) is 2.06. The molecule has 0 amide bonds. The van der Waals surface area contributed by atoms with E-state index in [0.717, 1.165) is 29.7 Å². The maximum atomic E-state index is 5.79. The van der Waals surface area contributed by atoms with Crippen LogP contribution in [0.1, 0.15) is 32.0 Å². The van der Waals surface area contributed by atoms with E-state index < -0.39 is 0 Å². The Morgan fingerprint density at radius 3 is 3.00 bits per heavy atom. The lowest BCUT2D eigenvalue weighted by atomic mass is 10.2. The molecule has 2 aromatic rings. The normalized spacial score (nSPS) is 11.0. The van der Waals surface area contributed by atoms with E-state index in [9.17, 15) is 0 Å². The summed E-state index contributed by atoms with van der Waals surface area (Å²) in [5, 5.41) is 7.50. The fraction of sp³-hybridized carbons (Fsp3) is 0.500. The van der Waals surface area contributed by atoms with Crippen LogP contribution >= 0.6 is 0 Å². The molecule has 0 aliphatic heterocycles. The van der Waals surface area contributed by atoms with Crippen molar-refractivity contribution in [3.8, 4) is 0 Å². The lowest BCUT2D eigenvalue weighted by Gasteiger charge is -2.01. The van der Waals surface area contributed by atoms with Crippen LogP contribution in [0.4, 0.5) is 5.82 Å². The molecule has 0 aromatic carbocycles. The van der Waals surface area contributed by atoms with E-state index in [4.69, 9.17) is 5.73 Å². The van der Waals surface area contributed by atoms with Gasteiger partial charge in [-0.15, -0.1) is 0 Å². The molecule has 80 valence electrons. The first kappa shape index (κ1) is 9.89. The van der Waals surface area contributed by atoms with Crippen molar-refractivity contribution in [1.29, 1.82) is 0 Å². The number of H-pyrrole nitrogens is 1. The first-order chi connectivity index (χ1) is 7.31. The average Bonchev–Trinajstić information content (AvgIpc) is 2.66. The second-order valence-electron chi connectivity index (χ2n) is 3.61. The molecule has 0 bridgehead atoms. The molecule has 15 heavy (non-hydrogen) atoms. The molecule has 0 aliphatic carbocycles. The van der Waals surface area contributed by atoms with Crippen LogP contribution < -0.4 is 5.73 Å². The molecule has 5 heteroatoms. The molecule has 0 aliphatic rings. The van der Waals surface area contributed by atoms with E-state index >= 15 is 0 Å². The first-order valence-corrected chi connectivity index (χ1v) is 5.26. The molecule has 5 nitrogen and oxygen atoms in total. The van der Waals surface area contributed by atoms with Gasteiger partial charge in [-0.1, -0.05) is 19.8 Å². The summed E-state index contributed by atoms with van der Waals surface area (Å²) in [5.74, 6) is 1.32. The topological polar surface area (TPSA) is 80.5 Å². The van der Waals surface area contributed by atoms with Crippen molar-refractivity contribution in [2.75, 3.05) is 5.73 Å². The van der Waals surface area contributed by atoms with E-state index in [0.29, 0.717) is 5.82 Å². The number of nitrogens with one attached hydrogen (secondary N) is 1. The van der Waals surface area contributed by atoms with Crippen molar-refractivity contribution in [3.63, 3.8) is 0 Å². The number of fused-ring (bicyclic) bond motifs is 1. The van der Waals surface area contributed by atoms with E-state index in [1.54, 1.807) is 6.20 Å². The lowest BCUT2D eigenvalue weighted by Crippen LogP contribution is -2.00. The molecule has 0 unspecified atom stereocenters. The average molecular weight is 205 g/mol. The van der Waals surface area contributed by atoms with Gasteiger partial charge in [-0.3, -0.25) is 5.10 Å². The first-order valence-electron chi connectivity index (χ1n) is 5.26. The maximum Gasteiger partial charge on any atom is 0.161 e. The summed E-state index contributed by atoms with van der Waals surface area (Å²) in [6.45, 7) is 2.17. The zero-order valence-corrected chi connectivity index (χ0v) is 8.82. The third-order valence-electron chi connectivity index (χ3n) is 2.39. The van der Waals surface area contributed by atoms with Gasteiger partial charge in [-0.2, -0.15) is 5.10 Å². The Bertz CT molecular complexity index is 448. The van der Waals surface area contributed by atoms with E-state index in [1.807, 2.05) is 0 Å². The predicted molar refractivity (Wildman–Crippen MR) is 59.3 cm³/mol. The molecule has 0 radical (unpaired) electrons. The molecule has 0 fully saturated rings. The summed E-state index contributed by atoms with van der Waals surface area (Å²) in [5.41, 5.74) is 6.53. The van der Waals surface area contributed by atoms with Gasteiger partial charge in [0.1, 0.15) is 11.6 Å². The van der Waals surface area contributed by atoms with Crippen molar-refractivity contribution >= 4 is 16.9 Å². The van der Waals surface area contributed by atoms with E-state index in [2.05, 4.69) is 27.1 Å². The van der Waals surface area contributed by atoms with Crippen LogP contribution in [0.25, 0.3) is 11.0 Å². The molecule has 0 spiro atoms. The number of nitrogens with zero attached hydrogens (tertiary/aromatic N) is 3. The van der Waals surface area contributed by atoms with Gasteiger partial charge in [0.25, 0.3) is 0 Å². The van der Waals surface area contributed by atoms with Crippen LogP contribution in [-0.2, 0) is 6.42 Å². The van der Waals surface area contributed by atoms with Crippen LogP contribution in [0.2, 0.25) is 0 Å². The van der Waals surface area contributed by atoms with Gasteiger partial charge < -0.3 is 5.73 Å². The Labute approximate surface area is 88.1 Å². The minimum atomic E-state index is 0.514. The SMILES string of the molecule is CCCCCc1nc(N)c2cn[nH]c2n1. The number of aromatic nitrogens is 4. The number of rotatable bonds is 4. The minimum absolute atomic E-state index is 0.514. The number of aromatic amines is 1. The van der Waals surface area contributed by atoms with Gasteiger partial charge in [-0.25, -0.2) is 9.97 Å². The van der Waals surface area contributed by atoms with Crippen molar-refractivity contribution in [1.82, 2.24) is 20.2 Å². The number of aryl methyl sites for hydroxylation is 1. The van der Waals surface area contributed by atoms with Crippen LogP contribution in [0.3, 0.4) is 0 Å². The number of nitrogens with two attached hydrogens (primary N) is 1. The van der Waals surface area contributed by atoms with Crippen LogP contribution in [0.5, 0.6) is 0 Å². The fourth-order valence-electron chi connectivity index (χ4n) is 1.55. The fourth-order valence-corrected chi connectivity index (χ4v) is 1.55. The number of unbranched alkanes of at least 4 members (excludes halogenated alkanes) is 2. The summed E-state index contributed by atoms with van der Waals surface area (Å²) < 4.78 is 0. The molecule has 3 N–H and O–H groups in total. The summed E-state index contributed by atoms with van der Waals surface area (Å²) >= 11 is 0. The van der Waals surface area contributed by atoms with Gasteiger partial charge in [0, 0.05) is 6.42 Å². The highest BCUT2D eigenvalue weighted by atomic mass is 15.2. The zero-order valence-electron chi connectivity index (χ0n) is 8.82. The predicted octanol–water partition coefficient (Wildman–Crippen LogP) is 1.67. The lowest BCUT2D eigenvalue weighted by molar-refractivity contribution is 0.696. The van der Waals surface area contributed by atoms with Crippen molar-refractivity contribution in [3.05, 3.63) is 12.0 Å². The number of anilines is 1. The second-order valence-corrected chi connectivity index (χ2v) is 3.61. The number of nitrogen functional groups attached to an aromatic ring is 1. The number of hydrogen-bond donors (Lipinski definition) is 2. The standard InChI is InChI=1S/C10H15N5/c1-2-3-4-5-8-13-9(11)7-6-12-15-10(7)14-8/h6H,2-5H2,1H3,(H3,11,12,13,14,15). The number of hydrogen-bond acceptors (Lipinski definition) is 4. The summed E-state index contributed by atoms with van der Waals surface area (Å²) in [7, 11) is 0. The monoisotopic (exact) mass is 205 g/mol. The van der Waals surface area contributed by atoms with Crippen molar-refractivity contribution in [2.24, 2.45) is 0 Å². The molecule has 2 heterocycles. The van der Waals surface area contributed by atoms with E-state index in [-0.39, 0.29) is 0 Å². The molecule has 0 saturated heterocycles. The molecule has 2 rings (SSSR count). The second kappa shape index (κ2) is 4.25. The Morgan fingerprint density at radius 2 is 2.20 bits per heavy atom. The molecule has 0 saturated carbocycles. The van der Waals surface area contributed by atoms with Crippen molar-refractivity contribution in [2.45, 2.75) is 32.6 Å². The highest BCUT2D eigenvalue weighted by Gasteiger charge is 2.05. The largest absolute Gasteiger partial charge is 0.383 e. The highest BCUT2D eigenvalue weighted by Crippen LogP contribution is 2.15. The smallest absolute Gasteiger partial charge is 0.161 e. The summed E-state index contributed by atoms with van der Waals surface area (Å²) in [6.07, 6.45) is 6.04. The van der Waals surface area contributed by atoms with E-state index in [1.165, 1.54) is 12.8 Å². The van der Waals surface area contributed by atoms with Gasteiger partial charge in [0.05, 0.1) is 11.6 Å². The summed E-state index contributed by atoms with van der Waals surface area (Å²) in [6, 6.07) is 0. The maximum absolute atomic E-state index is 5.79. The third-order valence-corrected chi connectivity index (χ3v) is 2.39. The Morgan fingerprint density at radius 1 is 1.33 bits per heavy atom. The Balaban J connectivity index is 2.21.